The third kappa shape index (κ3) is 5.13. The van der Waals surface area contributed by atoms with Crippen molar-refractivity contribution >= 4 is 27.3 Å². The molecule has 0 bridgehead atoms. The molecule has 1 aromatic carbocycles. The van der Waals surface area contributed by atoms with Gasteiger partial charge in [-0.1, -0.05) is 29.7 Å². The number of aromatic nitrogens is 3. The van der Waals surface area contributed by atoms with Crippen molar-refractivity contribution in [3.05, 3.63) is 83.0 Å². The van der Waals surface area contributed by atoms with Crippen LogP contribution in [0.5, 0.6) is 0 Å². The quantitative estimate of drug-likeness (QED) is 0.411. The summed E-state index contributed by atoms with van der Waals surface area (Å²) in [5, 5.41) is 10.1. The highest BCUT2D eigenvalue weighted by molar-refractivity contribution is 7.89. The van der Waals surface area contributed by atoms with Crippen molar-refractivity contribution in [3.8, 4) is 23.0 Å². The third-order valence-electron chi connectivity index (χ3n) is 5.13. The Morgan fingerprint density at radius 2 is 1.82 bits per heavy atom. The van der Waals surface area contributed by atoms with Crippen LogP contribution < -0.4 is 4.72 Å². The number of nitrogens with one attached hydrogen (secondary N) is 1. The van der Waals surface area contributed by atoms with Gasteiger partial charge in [-0.3, -0.25) is 9.38 Å². The van der Waals surface area contributed by atoms with Crippen LogP contribution in [-0.4, -0.2) is 40.0 Å². The third-order valence-corrected chi connectivity index (χ3v) is 7.05. The highest BCUT2D eigenvalue weighted by Crippen LogP contribution is 2.25. The highest BCUT2D eigenvalue weighted by Gasteiger charge is 2.25. The molecule has 0 fully saturated rings. The number of benzene rings is 1. The maximum absolute atomic E-state index is 12.7. The van der Waals surface area contributed by atoms with E-state index < -0.39 is 15.6 Å². The lowest BCUT2D eigenvalue weighted by Crippen LogP contribution is -2.46. The second kappa shape index (κ2) is 9.20. The lowest BCUT2D eigenvalue weighted by Gasteiger charge is -2.23. The van der Waals surface area contributed by atoms with Gasteiger partial charge in [-0.2, -0.15) is 0 Å². The number of halogens is 1. The molecule has 0 atom stereocenters. The van der Waals surface area contributed by atoms with E-state index in [0.29, 0.717) is 16.3 Å². The number of nitrogens with zero attached hydrogens (tertiary/aromatic N) is 3. The molecule has 9 heteroatoms. The number of rotatable bonds is 5. The van der Waals surface area contributed by atoms with Crippen LogP contribution >= 0.6 is 11.6 Å². The first-order valence-electron chi connectivity index (χ1n) is 10.4. The SMILES string of the molecule is Cc1cc(-c2ccc(Cl)cc2)cn2c(C#Cc3cncc(S(=O)(=O)NC(C)(C)CO)c3)cnc12. The van der Waals surface area contributed by atoms with E-state index in [9.17, 15) is 13.5 Å². The molecular formula is C25H23ClN4O3S. The number of sulfonamides is 1. The Balaban J connectivity index is 1.70. The van der Waals surface area contributed by atoms with Gasteiger partial charge in [0.05, 0.1) is 18.3 Å². The second-order valence-corrected chi connectivity index (χ2v) is 10.7. The maximum Gasteiger partial charge on any atom is 0.242 e. The summed E-state index contributed by atoms with van der Waals surface area (Å²) in [5.41, 5.74) is 3.88. The van der Waals surface area contributed by atoms with Crippen molar-refractivity contribution in [2.45, 2.75) is 31.2 Å². The van der Waals surface area contributed by atoms with Gasteiger partial charge in [-0.25, -0.2) is 18.1 Å². The first kappa shape index (κ1) is 23.9. The van der Waals surface area contributed by atoms with E-state index >= 15 is 0 Å². The van der Waals surface area contributed by atoms with E-state index in [-0.39, 0.29) is 11.5 Å². The average molecular weight is 495 g/mol. The lowest BCUT2D eigenvalue weighted by molar-refractivity contribution is 0.208. The topological polar surface area (TPSA) is 96.6 Å². The van der Waals surface area contributed by atoms with Gasteiger partial charge in [0.1, 0.15) is 16.2 Å². The van der Waals surface area contributed by atoms with Crippen molar-refractivity contribution in [1.82, 2.24) is 19.1 Å². The van der Waals surface area contributed by atoms with Crippen LogP contribution in [0.1, 0.15) is 30.7 Å². The van der Waals surface area contributed by atoms with E-state index in [4.69, 9.17) is 11.6 Å². The molecule has 0 spiro atoms. The molecule has 4 rings (SSSR count). The summed E-state index contributed by atoms with van der Waals surface area (Å²) in [7, 11) is -3.87. The molecule has 0 aliphatic heterocycles. The van der Waals surface area contributed by atoms with Crippen molar-refractivity contribution < 1.29 is 13.5 Å². The lowest BCUT2D eigenvalue weighted by atomic mass is 10.1. The largest absolute Gasteiger partial charge is 0.394 e. The van der Waals surface area contributed by atoms with Crippen LogP contribution in [0, 0.1) is 18.8 Å². The molecule has 0 radical (unpaired) electrons. The molecule has 0 saturated heterocycles. The molecule has 0 unspecified atom stereocenters. The number of imidazole rings is 1. The fraction of sp³-hybridized carbons (Fsp3) is 0.200. The second-order valence-electron chi connectivity index (χ2n) is 8.56. The fourth-order valence-electron chi connectivity index (χ4n) is 3.38. The predicted molar refractivity (Wildman–Crippen MR) is 132 cm³/mol. The highest BCUT2D eigenvalue weighted by atomic mass is 35.5. The van der Waals surface area contributed by atoms with Gasteiger partial charge < -0.3 is 5.11 Å². The van der Waals surface area contributed by atoms with Gasteiger partial charge in [0.2, 0.25) is 10.0 Å². The van der Waals surface area contributed by atoms with Crippen molar-refractivity contribution in [1.29, 1.82) is 0 Å². The molecule has 0 aliphatic carbocycles. The molecule has 0 amide bonds. The Morgan fingerprint density at radius 1 is 1.09 bits per heavy atom. The molecule has 3 aromatic heterocycles. The van der Waals surface area contributed by atoms with E-state index in [1.807, 2.05) is 41.8 Å². The van der Waals surface area contributed by atoms with Crippen molar-refractivity contribution in [3.63, 3.8) is 0 Å². The Hall–Kier alpha value is -3.22. The number of hydrogen-bond donors (Lipinski definition) is 2. The Labute approximate surface area is 203 Å². The Morgan fingerprint density at radius 3 is 2.53 bits per heavy atom. The number of pyridine rings is 2. The van der Waals surface area contributed by atoms with Crippen LogP contribution in [0.2, 0.25) is 5.02 Å². The van der Waals surface area contributed by atoms with Gasteiger partial charge in [0.15, 0.2) is 0 Å². The summed E-state index contributed by atoms with van der Waals surface area (Å²) in [5.74, 6) is 6.05. The molecule has 7 nitrogen and oxygen atoms in total. The van der Waals surface area contributed by atoms with Crippen LogP contribution in [0.25, 0.3) is 16.8 Å². The van der Waals surface area contributed by atoms with Gasteiger partial charge in [-0.05, 0) is 67.6 Å². The fourth-order valence-corrected chi connectivity index (χ4v) is 4.89. The molecule has 34 heavy (non-hydrogen) atoms. The minimum atomic E-state index is -3.87. The monoisotopic (exact) mass is 494 g/mol. The normalized spacial score (nSPS) is 11.9. The first-order valence-corrected chi connectivity index (χ1v) is 12.3. The zero-order chi connectivity index (χ0) is 24.5. The van der Waals surface area contributed by atoms with Gasteiger partial charge in [0, 0.05) is 29.2 Å². The van der Waals surface area contributed by atoms with Gasteiger partial charge in [0.25, 0.3) is 0 Å². The number of hydrogen-bond acceptors (Lipinski definition) is 5. The molecule has 0 aliphatic rings. The van der Waals surface area contributed by atoms with Crippen LogP contribution in [0.4, 0.5) is 0 Å². The maximum atomic E-state index is 12.7. The molecular weight excluding hydrogens is 472 g/mol. The Bertz CT molecular complexity index is 1530. The molecule has 3 heterocycles. The van der Waals surface area contributed by atoms with E-state index in [2.05, 4.69) is 32.6 Å². The van der Waals surface area contributed by atoms with Crippen LogP contribution in [0.3, 0.4) is 0 Å². The van der Waals surface area contributed by atoms with Gasteiger partial charge >= 0.3 is 0 Å². The van der Waals surface area contributed by atoms with Crippen LogP contribution in [-0.2, 0) is 10.0 Å². The van der Waals surface area contributed by atoms with Crippen molar-refractivity contribution in [2.75, 3.05) is 6.61 Å². The summed E-state index contributed by atoms with van der Waals surface area (Å²) in [6, 6.07) is 11.1. The number of aryl methyl sites for hydroxylation is 1. The smallest absolute Gasteiger partial charge is 0.242 e. The van der Waals surface area contributed by atoms with E-state index in [0.717, 1.165) is 22.3 Å². The number of aliphatic hydroxyl groups is 1. The summed E-state index contributed by atoms with van der Waals surface area (Å²) in [6.45, 7) is 4.82. The van der Waals surface area contributed by atoms with E-state index in [1.54, 1.807) is 20.0 Å². The molecule has 2 N–H and O–H groups in total. The standard InChI is InChI=1S/C25H23ClN4O3S/c1-17-10-20(19-5-7-21(26)8-6-19)15-30-22(13-28-24(17)30)9-4-18-11-23(14-27-12-18)34(32,33)29-25(2,3)16-31/h5-8,10-15,29,31H,16H2,1-3H3. The molecule has 0 saturated carbocycles. The predicted octanol–water partition coefficient (Wildman–Crippen LogP) is 3.81. The minimum absolute atomic E-state index is 0.0279. The summed E-state index contributed by atoms with van der Waals surface area (Å²) < 4.78 is 29.7. The number of fused-ring (bicyclic) bond motifs is 1. The summed E-state index contributed by atoms with van der Waals surface area (Å²) in [4.78, 5) is 8.48. The van der Waals surface area contributed by atoms with E-state index in [1.165, 1.54) is 18.5 Å². The first-order chi connectivity index (χ1) is 16.1. The minimum Gasteiger partial charge on any atom is -0.394 e. The number of aliphatic hydroxyl groups excluding tert-OH is 1. The zero-order valence-electron chi connectivity index (χ0n) is 18.9. The average Bonchev–Trinajstić information content (AvgIpc) is 3.21. The summed E-state index contributed by atoms with van der Waals surface area (Å²) >= 11 is 6.02. The molecule has 4 aromatic rings. The Kier molecular flexibility index (Phi) is 6.47. The zero-order valence-corrected chi connectivity index (χ0v) is 20.4. The van der Waals surface area contributed by atoms with Gasteiger partial charge in [-0.15, -0.1) is 0 Å². The van der Waals surface area contributed by atoms with Crippen LogP contribution in [0.15, 0.2) is 66.1 Å². The van der Waals surface area contributed by atoms with Crippen molar-refractivity contribution in [2.24, 2.45) is 0 Å². The molecule has 174 valence electrons. The summed E-state index contributed by atoms with van der Waals surface area (Å²) in [6.07, 6.45) is 6.39.